The van der Waals surface area contributed by atoms with Crippen molar-refractivity contribution in [2.24, 2.45) is 5.73 Å². The van der Waals surface area contributed by atoms with Crippen LogP contribution in [0.2, 0.25) is 0 Å². The molecule has 2 rings (SSSR count). The lowest BCUT2D eigenvalue weighted by Gasteiger charge is -2.11. The summed E-state index contributed by atoms with van der Waals surface area (Å²) < 4.78 is 1.53. The van der Waals surface area contributed by atoms with E-state index in [4.69, 9.17) is 5.73 Å². The van der Waals surface area contributed by atoms with Gasteiger partial charge in [-0.3, -0.25) is 4.79 Å². The third kappa shape index (κ3) is 3.56. The van der Waals surface area contributed by atoms with Crippen LogP contribution in [-0.2, 0) is 0 Å². The average molecular weight is 288 g/mol. The lowest BCUT2D eigenvalue weighted by molar-refractivity contribution is 0.100. The average Bonchev–Trinajstić information content (AvgIpc) is 2.94. The Hall–Kier alpha value is -2.44. The van der Waals surface area contributed by atoms with Gasteiger partial charge in [0.2, 0.25) is 0 Å². The van der Waals surface area contributed by atoms with E-state index < -0.39 is 5.91 Å². The number of carbonyl (C=O) groups excluding carboxylic acids is 1. The van der Waals surface area contributed by atoms with Gasteiger partial charge in [0.15, 0.2) is 5.82 Å². The molecule has 0 unspecified atom stereocenters. The number of anilines is 1. The molecule has 7 nitrogen and oxygen atoms in total. The molecule has 21 heavy (non-hydrogen) atoms. The number of nitrogens with one attached hydrogen (secondary N) is 1. The highest BCUT2D eigenvalue weighted by atomic mass is 16.1. The van der Waals surface area contributed by atoms with Crippen molar-refractivity contribution in [3.05, 3.63) is 29.8 Å². The molecule has 0 saturated carbocycles. The van der Waals surface area contributed by atoms with Crippen LogP contribution in [0.5, 0.6) is 0 Å². The fourth-order valence-corrected chi connectivity index (χ4v) is 1.75. The highest BCUT2D eigenvalue weighted by Crippen LogP contribution is 2.16. The Morgan fingerprint density at radius 1 is 1.43 bits per heavy atom. The summed E-state index contributed by atoms with van der Waals surface area (Å²) >= 11 is 0. The standard InChI is InChI=1S/C14H20N6O/c1-4-5-16-11-6-12(19-14(18-11)9(2)3)20-8-10(7-17-20)13(15)21/h6-9H,4-5H2,1-3H3,(H2,15,21)(H,16,18,19). The lowest BCUT2D eigenvalue weighted by atomic mass is 10.2. The predicted molar refractivity (Wildman–Crippen MR) is 80.5 cm³/mol. The Morgan fingerprint density at radius 2 is 2.19 bits per heavy atom. The lowest BCUT2D eigenvalue weighted by Crippen LogP contribution is -2.11. The Bertz CT molecular complexity index is 634. The van der Waals surface area contributed by atoms with Crippen LogP contribution < -0.4 is 11.1 Å². The molecule has 0 spiro atoms. The first-order valence-electron chi connectivity index (χ1n) is 6.99. The number of hydrogen-bond donors (Lipinski definition) is 2. The number of nitrogens with two attached hydrogens (primary N) is 1. The second-order valence-corrected chi connectivity index (χ2v) is 5.09. The number of aromatic nitrogens is 4. The maximum absolute atomic E-state index is 11.2. The maximum atomic E-state index is 11.2. The molecular formula is C14H20N6O. The molecule has 1 amide bonds. The fourth-order valence-electron chi connectivity index (χ4n) is 1.75. The molecular weight excluding hydrogens is 268 g/mol. The van der Waals surface area contributed by atoms with E-state index in [-0.39, 0.29) is 5.92 Å². The van der Waals surface area contributed by atoms with Crippen molar-refractivity contribution in [2.45, 2.75) is 33.1 Å². The molecule has 112 valence electrons. The van der Waals surface area contributed by atoms with Crippen molar-refractivity contribution in [2.75, 3.05) is 11.9 Å². The Morgan fingerprint density at radius 3 is 2.76 bits per heavy atom. The van der Waals surface area contributed by atoms with Gasteiger partial charge in [-0.2, -0.15) is 5.10 Å². The zero-order chi connectivity index (χ0) is 15.4. The van der Waals surface area contributed by atoms with Gasteiger partial charge in [-0.05, 0) is 6.42 Å². The molecule has 0 radical (unpaired) electrons. The fraction of sp³-hybridized carbons (Fsp3) is 0.429. The van der Waals surface area contributed by atoms with E-state index in [2.05, 4.69) is 27.3 Å². The number of rotatable bonds is 6. The van der Waals surface area contributed by atoms with Crippen LogP contribution in [0, 0.1) is 0 Å². The predicted octanol–water partition coefficient (Wildman–Crippen LogP) is 1.71. The van der Waals surface area contributed by atoms with Gasteiger partial charge >= 0.3 is 0 Å². The van der Waals surface area contributed by atoms with Crippen LogP contribution in [0.25, 0.3) is 5.82 Å². The molecule has 3 N–H and O–H groups in total. The van der Waals surface area contributed by atoms with E-state index in [9.17, 15) is 4.79 Å². The van der Waals surface area contributed by atoms with Crippen LogP contribution in [0.15, 0.2) is 18.5 Å². The van der Waals surface area contributed by atoms with Crippen LogP contribution in [0.3, 0.4) is 0 Å². The molecule has 0 aromatic carbocycles. The molecule has 0 fully saturated rings. The van der Waals surface area contributed by atoms with Gasteiger partial charge in [-0.15, -0.1) is 0 Å². The number of carbonyl (C=O) groups is 1. The van der Waals surface area contributed by atoms with Gasteiger partial charge in [0, 0.05) is 24.7 Å². The van der Waals surface area contributed by atoms with Crippen molar-refractivity contribution in [1.82, 2.24) is 19.7 Å². The normalized spacial score (nSPS) is 10.9. The Balaban J connectivity index is 2.40. The third-order valence-electron chi connectivity index (χ3n) is 2.90. The summed E-state index contributed by atoms with van der Waals surface area (Å²) in [5, 5.41) is 7.37. The number of amides is 1. The molecule has 2 aromatic heterocycles. The molecule has 2 aromatic rings. The highest BCUT2D eigenvalue weighted by Gasteiger charge is 2.11. The van der Waals surface area contributed by atoms with Gasteiger partial charge in [-0.25, -0.2) is 14.6 Å². The first-order chi connectivity index (χ1) is 10.0. The van der Waals surface area contributed by atoms with Crippen LogP contribution >= 0.6 is 0 Å². The van der Waals surface area contributed by atoms with Crippen molar-refractivity contribution in [1.29, 1.82) is 0 Å². The van der Waals surface area contributed by atoms with Gasteiger partial charge < -0.3 is 11.1 Å². The monoisotopic (exact) mass is 288 g/mol. The van der Waals surface area contributed by atoms with Crippen molar-refractivity contribution in [3.63, 3.8) is 0 Å². The van der Waals surface area contributed by atoms with E-state index in [0.717, 1.165) is 24.6 Å². The molecule has 0 aliphatic carbocycles. The van der Waals surface area contributed by atoms with E-state index in [1.165, 1.54) is 10.9 Å². The van der Waals surface area contributed by atoms with E-state index in [1.54, 1.807) is 12.3 Å². The van der Waals surface area contributed by atoms with Crippen molar-refractivity contribution < 1.29 is 4.79 Å². The van der Waals surface area contributed by atoms with E-state index >= 15 is 0 Å². The number of primary amides is 1. The molecule has 2 heterocycles. The first-order valence-corrected chi connectivity index (χ1v) is 6.99. The summed E-state index contributed by atoms with van der Waals surface area (Å²) in [5.41, 5.74) is 5.59. The summed E-state index contributed by atoms with van der Waals surface area (Å²) in [5.74, 6) is 1.77. The highest BCUT2D eigenvalue weighted by molar-refractivity contribution is 5.92. The summed E-state index contributed by atoms with van der Waals surface area (Å²) in [6, 6.07) is 1.80. The van der Waals surface area contributed by atoms with E-state index in [0.29, 0.717) is 11.4 Å². The maximum Gasteiger partial charge on any atom is 0.251 e. The number of hydrogen-bond acceptors (Lipinski definition) is 5. The smallest absolute Gasteiger partial charge is 0.251 e. The second kappa shape index (κ2) is 6.34. The third-order valence-corrected chi connectivity index (χ3v) is 2.90. The minimum Gasteiger partial charge on any atom is -0.370 e. The van der Waals surface area contributed by atoms with E-state index in [1.807, 2.05) is 13.8 Å². The SMILES string of the molecule is CCCNc1cc(-n2cc(C(N)=O)cn2)nc(C(C)C)n1. The van der Waals surface area contributed by atoms with Crippen LogP contribution in [-0.4, -0.2) is 32.2 Å². The summed E-state index contributed by atoms with van der Waals surface area (Å²) in [7, 11) is 0. The van der Waals surface area contributed by atoms with Crippen molar-refractivity contribution in [3.8, 4) is 5.82 Å². The quantitative estimate of drug-likeness (QED) is 0.843. The van der Waals surface area contributed by atoms with Crippen LogP contribution in [0.1, 0.15) is 49.3 Å². The first kappa shape index (κ1) is 15.0. The van der Waals surface area contributed by atoms with Crippen LogP contribution in [0.4, 0.5) is 5.82 Å². The van der Waals surface area contributed by atoms with Gasteiger partial charge in [0.25, 0.3) is 5.91 Å². The van der Waals surface area contributed by atoms with Gasteiger partial charge in [-0.1, -0.05) is 20.8 Å². The summed E-state index contributed by atoms with van der Waals surface area (Å²) in [6.45, 7) is 6.98. The largest absolute Gasteiger partial charge is 0.370 e. The van der Waals surface area contributed by atoms with Crippen molar-refractivity contribution >= 4 is 11.7 Å². The minimum atomic E-state index is -0.510. The van der Waals surface area contributed by atoms with Gasteiger partial charge in [0.1, 0.15) is 11.6 Å². The molecule has 0 bridgehead atoms. The topological polar surface area (TPSA) is 98.7 Å². The zero-order valence-electron chi connectivity index (χ0n) is 12.5. The molecule has 0 atom stereocenters. The van der Waals surface area contributed by atoms with Gasteiger partial charge in [0.05, 0.1) is 11.8 Å². The minimum absolute atomic E-state index is 0.193. The zero-order valence-corrected chi connectivity index (χ0v) is 12.5. The number of nitrogens with zero attached hydrogens (tertiary/aromatic N) is 4. The summed E-state index contributed by atoms with van der Waals surface area (Å²) in [4.78, 5) is 20.1. The Kier molecular flexibility index (Phi) is 4.52. The molecule has 0 saturated heterocycles. The second-order valence-electron chi connectivity index (χ2n) is 5.09. The Labute approximate surface area is 123 Å². The molecule has 0 aliphatic rings. The molecule has 0 aliphatic heterocycles. The summed E-state index contributed by atoms with van der Waals surface area (Å²) in [6.07, 6.45) is 4.00. The molecule has 7 heteroatoms.